The van der Waals surface area contributed by atoms with Crippen molar-refractivity contribution in [2.75, 3.05) is 7.11 Å². The third-order valence-electron chi connectivity index (χ3n) is 6.08. The highest BCUT2D eigenvalue weighted by atomic mass is 35.5. The van der Waals surface area contributed by atoms with Crippen LogP contribution in [0.2, 0.25) is 5.02 Å². The van der Waals surface area contributed by atoms with Crippen molar-refractivity contribution in [1.82, 2.24) is 4.57 Å². The Morgan fingerprint density at radius 2 is 1.61 bits per heavy atom. The Morgan fingerprint density at radius 1 is 0.976 bits per heavy atom. The van der Waals surface area contributed by atoms with E-state index in [1.165, 1.54) is 42.1 Å². The van der Waals surface area contributed by atoms with Gasteiger partial charge < -0.3 is 18.8 Å². The summed E-state index contributed by atoms with van der Waals surface area (Å²) in [5, 5.41) is 0.249. The predicted octanol–water partition coefficient (Wildman–Crippen LogP) is 7.13. The van der Waals surface area contributed by atoms with Gasteiger partial charge in [0.1, 0.15) is 17.1 Å². The summed E-state index contributed by atoms with van der Waals surface area (Å²) in [5.74, 6) is -0.618. The Kier molecular flexibility index (Phi) is 10.3. The number of esters is 1. The largest absolute Gasteiger partial charge is 0.495 e. The molecule has 1 unspecified atom stereocenters. The number of benzene rings is 2. The number of hydrogen-bond acceptors (Lipinski definition) is 6. The van der Waals surface area contributed by atoms with Crippen molar-refractivity contribution in [3.63, 3.8) is 0 Å². The van der Waals surface area contributed by atoms with Gasteiger partial charge in [0.15, 0.2) is 5.78 Å². The second kappa shape index (κ2) is 13.3. The summed E-state index contributed by atoms with van der Waals surface area (Å²) < 4.78 is 42.9. The molecule has 220 valence electrons. The number of aromatic nitrogens is 1. The molecule has 2 aromatic carbocycles. The van der Waals surface area contributed by atoms with E-state index < -0.39 is 29.8 Å². The van der Waals surface area contributed by atoms with Crippen LogP contribution in [0.5, 0.6) is 11.5 Å². The van der Waals surface area contributed by atoms with Crippen molar-refractivity contribution >= 4 is 23.4 Å². The maximum atomic E-state index is 13.6. The van der Waals surface area contributed by atoms with E-state index in [-0.39, 0.29) is 45.8 Å². The average Bonchev–Trinajstić information content (AvgIpc) is 2.87. The quantitative estimate of drug-likeness (QED) is 0.221. The van der Waals surface area contributed by atoms with Crippen LogP contribution < -0.4 is 15.0 Å². The summed E-state index contributed by atoms with van der Waals surface area (Å²) in [4.78, 5) is 39.3. The van der Waals surface area contributed by atoms with Crippen LogP contribution in [0.15, 0.2) is 59.5 Å². The standard InChI is InChI=1S/C31H34ClF2NO6/c1-18(2)13-24(25(36)14-19-7-9-20(10-8-19)29(38)41-31(3,4)5)35-17-27(39-6)23(16-28(35)37)22-15-21(32)11-12-26(22)40-30(33)34/h7-12,15-18,24,30H,13-14H2,1-6H3. The first-order valence-corrected chi connectivity index (χ1v) is 13.5. The summed E-state index contributed by atoms with van der Waals surface area (Å²) in [6.45, 7) is 6.12. The normalized spacial score (nSPS) is 12.4. The predicted molar refractivity (Wildman–Crippen MR) is 153 cm³/mol. The maximum absolute atomic E-state index is 13.6. The van der Waals surface area contributed by atoms with Crippen LogP contribution in [-0.2, 0) is 16.0 Å². The molecule has 0 aliphatic rings. The summed E-state index contributed by atoms with van der Waals surface area (Å²) in [6, 6.07) is 11.0. The molecule has 3 rings (SSSR count). The van der Waals surface area contributed by atoms with E-state index in [2.05, 4.69) is 4.74 Å². The summed E-state index contributed by atoms with van der Waals surface area (Å²) in [5.41, 5.74) is 0.214. The van der Waals surface area contributed by atoms with Crippen LogP contribution in [0.1, 0.15) is 63.0 Å². The lowest BCUT2D eigenvalue weighted by Gasteiger charge is -2.23. The van der Waals surface area contributed by atoms with E-state index in [1.54, 1.807) is 45.0 Å². The van der Waals surface area contributed by atoms with Gasteiger partial charge >= 0.3 is 12.6 Å². The molecule has 1 atom stereocenters. The van der Waals surface area contributed by atoms with Gasteiger partial charge in [0.05, 0.1) is 24.9 Å². The monoisotopic (exact) mass is 589 g/mol. The molecule has 0 aliphatic heterocycles. The van der Waals surface area contributed by atoms with Crippen LogP contribution in [-0.4, -0.2) is 35.6 Å². The van der Waals surface area contributed by atoms with Gasteiger partial charge in [0.25, 0.3) is 5.56 Å². The number of methoxy groups -OCH3 is 1. The molecule has 7 nitrogen and oxygen atoms in total. The molecule has 0 radical (unpaired) electrons. The lowest BCUT2D eigenvalue weighted by molar-refractivity contribution is -0.122. The number of carbonyl (C=O) groups is 2. The van der Waals surface area contributed by atoms with Gasteiger partial charge in [-0.25, -0.2) is 4.79 Å². The second-order valence-electron chi connectivity index (χ2n) is 11.0. The fourth-order valence-electron chi connectivity index (χ4n) is 4.32. The van der Waals surface area contributed by atoms with E-state index in [0.717, 1.165) is 0 Å². The van der Waals surface area contributed by atoms with Gasteiger partial charge in [-0.05, 0) is 69.0 Å². The molecule has 0 saturated carbocycles. The SMILES string of the molecule is COc1cn(C(CC(C)C)C(=O)Cc2ccc(C(=O)OC(C)(C)C)cc2)c(=O)cc1-c1cc(Cl)ccc1OC(F)F. The Bertz CT molecular complexity index is 1440. The highest BCUT2D eigenvalue weighted by molar-refractivity contribution is 6.31. The maximum Gasteiger partial charge on any atom is 0.387 e. The highest BCUT2D eigenvalue weighted by Gasteiger charge is 2.26. The average molecular weight is 590 g/mol. The molecule has 10 heteroatoms. The third kappa shape index (κ3) is 8.63. The molecule has 0 aliphatic carbocycles. The fourth-order valence-corrected chi connectivity index (χ4v) is 4.49. The van der Waals surface area contributed by atoms with E-state index in [0.29, 0.717) is 17.5 Å². The minimum absolute atomic E-state index is 0.0170. The number of Topliss-reactive ketones (excluding diaryl/α,β-unsaturated/α-hetero) is 1. The summed E-state index contributed by atoms with van der Waals surface area (Å²) in [6.07, 6.45) is 1.79. The number of halogens is 3. The van der Waals surface area contributed by atoms with Gasteiger partial charge in [-0.2, -0.15) is 8.78 Å². The van der Waals surface area contributed by atoms with Gasteiger partial charge in [-0.3, -0.25) is 9.59 Å². The smallest absolute Gasteiger partial charge is 0.387 e. The zero-order valence-corrected chi connectivity index (χ0v) is 24.6. The van der Waals surface area contributed by atoms with Crippen LogP contribution >= 0.6 is 11.6 Å². The number of ether oxygens (including phenoxy) is 3. The lowest BCUT2D eigenvalue weighted by Crippen LogP contribution is -2.31. The van der Waals surface area contributed by atoms with E-state index in [1.807, 2.05) is 13.8 Å². The van der Waals surface area contributed by atoms with Crippen molar-refractivity contribution in [2.45, 2.75) is 65.7 Å². The topological polar surface area (TPSA) is 83.8 Å². The van der Waals surface area contributed by atoms with E-state index in [4.69, 9.17) is 21.1 Å². The van der Waals surface area contributed by atoms with Gasteiger partial charge in [-0.15, -0.1) is 0 Å². The molecule has 1 aromatic heterocycles. The third-order valence-corrected chi connectivity index (χ3v) is 6.32. The fraction of sp³-hybridized carbons (Fsp3) is 0.387. The molecular weight excluding hydrogens is 556 g/mol. The number of carbonyl (C=O) groups excluding carboxylic acids is 2. The number of alkyl halides is 2. The lowest BCUT2D eigenvalue weighted by atomic mass is 9.95. The minimum Gasteiger partial charge on any atom is -0.495 e. The zero-order valence-electron chi connectivity index (χ0n) is 23.9. The van der Waals surface area contributed by atoms with Crippen molar-refractivity contribution in [3.8, 4) is 22.6 Å². The van der Waals surface area contributed by atoms with Crippen molar-refractivity contribution < 1.29 is 32.6 Å². The summed E-state index contributed by atoms with van der Waals surface area (Å²) >= 11 is 6.11. The van der Waals surface area contributed by atoms with Crippen molar-refractivity contribution in [3.05, 3.63) is 81.2 Å². The number of pyridine rings is 1. The number of ketones is 1. The molecule has 0 fully saturated rings. The highest BCUT2D eigenvalue weighted by Crippen LogP contribution is 2.38. The second-order valence-corrected chi connectivity index (χ2v) is 11.4. The van der Waals surface area contributed by atoms with Crippen LogP contribution in [0.25, 0.3) is 11.1 Å². The zero-order chi connectivity index (χ0) is 30.5. The van der Waals surface area contributed by atoms with Crippen LogP contribution in [0.4, 0.5) is 8.78 Å². The molecule has 0 spiro atoms. The molecule has 3 aromatic rings. The molecular formula is C31H34ClF2NO6. The van der Waals surface area contributed by atoms with E-state index in [9.17, 15) is 23.2 Å². The summed E-state index contributed by atoms with van der Waals surface area (Å²) in [7, 11) is 1.37. The first kappa shape index (κ1) is 31.8. The van der Waals surface area contributed by atoms with Crippen molar-refractivity contribution in [1.29, 1.82) is 0 Å². The molecule has 41 heavy (non-hydrogen) atoms. The molecule has 0 saturated heterocycles. The molecule has 0 bridgehead atoms. The number of rotatable bonds is 11. The molecule has 0 amide bonds. The first-order valence-electron chi connectivity index (χ1n) is 13.1. The Hall–Kier alpha value is -3.72. The number of hydrogen-bond donors (Lipinski definition) is 0. The van der Waals surface area contributed by atoms with Crippen LogP contribution in [0, 0.1) is 5.92 Å². The van der Waals surface area contributed by atoms with Crippen LogP contribution in [0.3, 0.4) is 0 Å². The minimum atomic E-state index is -3.09. The molecule has 0 N–H and O–H groups in total. The number of nitrogens with zero attached hydrogens (tertiary/aromatic N) is 1. The Labute approximate surface area is 243 Å². The Balaban J connectivity index is 1.96. The van der Waals surface area contributed by atoms with Gasteiger partial charge in [-0.1, -0.05) is 37.6 Å². The van der Waals surface area contributed by atoms with Gasteiger partial charge in [0.2, 0.25) is 0 Å². The van der Waals surface area contributed by atoms with Gasteiger partial charge in [0, 0.05) is 28.6 Å². The Morgan fingerprint density at radius 3 is 2.17 bits per heavy atom. The first-order chi connectivity index (χ1) is 19.2. The van der Waals surface area contributed by atoms with E-state index >= 15 is 0 Å². The van der Waals surface area contributed by atoms with Crippen molar-refractivity contribution in [2.24, 2.45) is 5.92 Å². The molecule has 1 heterocycles.